The van der Waals surface area contributed by atoms with Crippen LogP contribution >= 0.6 is 11.8 Å². The van der Waals surface area contributed by atoms with Crippen LogP contribution in [0.5, 0.6) is 11.5 Å². The molecule has 1 aromatic heterocycles. The van der Waals surface area contributed by atoms with Crippen molar-refractivity contribution in [2.24, 2.45) is 5.10 Å². The number of carbonyl (C=O) groups is 1. The van der Waals surface area contributed by atoms with Gasteiger partial charge in [-0.2, -0.15) is 5.10 Å². The number of hydrogen-bond acceptors (Lipinski definition) is 6. The molecule has 0 aliphatic carbocycles. The topological polar surface area (TPSA) is 88.6 Å². The Hall–Kier alpha value is -3.00. The van der Waals surface area contributed by atoms with Crippen LogP contribution < -0.4 is 14.9 Å². The Morgan fingerprint density at radius 3 is 2.85 bits per heavy atom. The first-order chi connectivity index (χ1) is 12.7. The van der Waals surface area contributed by atoms with Crippen molar-refractivity contribution >= 4 is 34.9 Å². The molecule has 2 N–H and O–H groups in total. The molecule has 0 unspecified atom stereocenters. The predicted octanol–water partition coefficient (Wildman–Crippen LogP) is 2.82. The normalized spacial score (nSPS) is 11.0. The van der Waals surface area contributed by atoms with E-state index in [1.807, 2.05) is 36.4 Å². The zero-order valence-electron chi connectivity index (χ0n) is 14.4. The van der Waals surface area contributed by atoms with Crippen LogP contribution in [0.1, 0.15) is 5.56 Å². The van der Waals surface area contributed by atoms with Crippen molar-refractivity contribution in [3.8, 4) is 11.5 Å². The number of amides is 1. The molecule has 26 heavy (non-hydrogen) atoms. The highest BCUT2D eigenvalue weighted by atomic mass is 32.2. The maximum atomic E-state index is 12.0. The van der Waals surface area contributed by atoms with Gasteiger partial charge in [-0.1, -0.05) is 30.0 Å². The molecule has 7 nitrogen and oxygen atoms in total. The van der Waals surface area contributed by atoms with Gasteiger partial charge in [0.05, 0.1) is 37.2 Å². The van der Waals surface area contributed by atoms with E-state index in [0.29, 0.717) is 22.2 Å². The van der Waals surface area contributed by atoms with Crippen molar-refractivity contribution in [3.05, 3.63) is 48.0 Å². The molecule has 2 aromatic carbocycles. The lowest BCUT2D eigenvalue weighted by Gasteiger charge is -2.09. The first-order valence-electron chi connectivity index (χ1n) is 7.81. The fourth-order valence-electron chi connectivity index (χ4n) is 2.35. The first-order valence-corrected chi connectivity index (χ1v) is 8.80. The van der Waals surface area contributed by atoms with Crippen LogP contribution in [0.4, 0.5) is 0 Å². The van der Waals surface area contributed by atoms with E-state index in [2.05, 4.69) is 20.5 Å². The van der Waals surface area contributed by atoms with Gasteiger partial charge in [0.2, 0.25) is 0 Å². The van der Waals surface area contributed by atoms with Gasteiger partial charge in [-0.05, 0) is 24.3 Å². The number of aromatic nitrogens is 2. The van der Waals surface area contributed by atoms with E-state index < -0.39 is 0 Å². The average Bonchev–Trinajstić information content (AvgIpc) is 3.09. The van der Waals surface area contributed by atoms with Crippen LogP contribution in [0.2, 0.25) is 0 Å². The largest absolute Gasteiger partial charge is 0.493 e. The summed E-state index contributed by atoms with van der Waals surface area (Å²) >= 11 is 1.32. The number of hydrazone groups is 1. The number of carbonyl (C=O) groups excluding carboxylic acids is 1. The van der Waals surface area contributed by atoms with E-state index in [1.54, 1.807) is 20.3 Å². The fourth-order valence-corrected chi connectivity index (χ4v) is 3.03. The minimum Gasteiger partial charge on any atom is -0.493 e. The zero-order chi connectivity index (χ0) is 18.4. The summed E-state index contributed by atoms with van der Waals surface area (Å²) in [5.41, 5.74) is 5.02. The first kappa shape index (κ1) is 17.8. The quantitative estimate of drug-likeness (QED) is 0.379. The van der Waals surface area contributed by atoms with Crippen molar-refractivity contribution in [3.63, 3.8) is 0 Å². The van der Waals surface area contributed by atoms with Crippen molar-refractivity contribution in [1.82, 2.24) is 15.4 Å². The van der Waals surface area contributed by atoms with Crippen LogP contribution in [0.3, 0.4) is 0 Å². The number of aromatic amines is 1. The second-order valence-corrected chi connectivity index (χ2v) is 6.19. The highest BCUT2D eigenvalue weighted by Crippen LogP contribution is 2.29. The Morgan fingerprint density at radius 1 is 1.23 bits per heavy atom. The predicted molar refractivity (Wildman–Crippen MR) is 102 cm³/mol. The summed E-state index contributed by atoms with van der Waals surface area (Å²) in [4.78, 5) is 19.5. The Labute approximate surface area is 154 Å². The number of para-hydroxylation sites is 3. The number of hydrogen-bond donors (Lipinski definition) is 2. The molecule has 1 amide bonds. The molecular formula is C18H18N4O3S. The van der Waals surface area contributed by atoms with Gasteiger partial charge in [0, 0.05) is 5.56 Å². The van der Waals surface area contributed by atoms with Crippen molar-refractivity contribution in [2.45, 2.75) is 5.16 Å². The summed E-state index contributed by atoms with van der Waals surface area (Å²) in [5.74, 6) is 1.13. The number of ether oxygens (including phenoxy) is 2. The number of benzene rings is 2. The summed E-state index contributed by atoms with van der Waals surface area (Å²) in [5, 5.41) is 4.67. The van der Waals surface area contributed by atoms with Crippen LogP contribution in [0.15, 0.2) is 52.7 Å². The maximum absolute atomic E-state index is 12.0. The van der Waals surface area contributed by atoms with E-state index >= 15 is 0 Å². The molecule has 8 heteroatoms. The van der Waals surface area contributed by atoms with E-state index in [-0.39, 0.29) is 11.7 Å². The summed E-state index contributed by atoms with van der Waals surface area (Å²) in [6.07, 6.45) is 1.52. The molecule has 0 spiro atoms. The molecule has 3 aromatic rings. The number of thioether (sulfide) groups is 1. The van der Waals surface area contributed by atoms with Crippen LogP contribution in [-0.4, -0.2) is 42.1 Å². The van der Waals surface area contributed by atoms with Gasteiger partial charge in [0.25, 0.3) is 5.91 Å². The Kier molecular flexibility index (Phi) is 5.75. The van der Waals surface area contributed by atoms with Crippen molar-refractivity contribution < 1.29 is 14.3 Å². The van der Waals surface area contributed by atoms with Crippen LogP contribution in [0.25, 0.3) is 11.0 Å². The molecule has 1 heterocycles. The number of H-pyrrole nitrogens is 1. The monoisotopic (exact) mass is 370 g/mol. The molecule has 3 rings (SSSR count). The Bertz CT molecular complexity index is 906. The number of methoxy groups -OCH3 is 2. The van der Waals surface area contributed by atoms with Gasteiger partial charge in [0.15, 0.2) is 16.7 Å². The lowest BCUT2D eigenvalue weighted by atomic mass is 10.2. The third kappa shape index (κ3) is 4.15. The Balaban J connectivity index is 1.56. The highest BCUT2D eigenvalue weighted by Gasteiger charge is 2.08. The highest BCUT2D eigenvalue weighted by molar-refractivity contribution is 7.99. The van der Waals surface area contributed by atoms with Crippen molar-refractivity contribution in [1.29, 1.82) is 0 Å². The molecule has 0 saturated heterocycles. The second kappa shape index (κ2) is 8.39. The number of rotatable bonds is 7. The standard InChI is InChI=1S/C18H18N4O3S/c1-24-15-9-5-6-12(17(15)25-2)10-19-22-16(23)11-26-18-20-13-7-3-4-8-14(13)21-18/h3-10H,11H2,1-2H3,(H,20,21)(H,22,23)/b19-10-. The lowest BCUT2D eigenvalue weighted by molar-refractivity contribution is -0.118. The SMILES string of the molecule is COc1cccc(/C=N\NC(=O)CSc2nc3ccccc3[nH]2)c1OC. The summed E-state index contributed by atoms with van der Waals surface area (Å²) in [7, 11) is 3.12. The molecule has 0 bridgehead atoms. The summed E-state index contributed by atoms with van der Waals surface area (Å²) in [6.45, 7) is 0. The van der Waals surface area contributed by atoms with Gasteiger partial charge in [-0.25, -0.2) is 10.4 Å². The zero-order valence-corrected chi connectivity index (χ0v) is 15.2. The van der Waals surface area contributed by atoms with E-state index in [0.717, 1.165) is 11.0 Å². The number of imidazole rings is 1. The third-order valence-electron chi connectivity index (χ3n) is 3.53. The molecule has 0 aliphatic rings. The summed E-state index contributed by atoms with van der Waals surface area (Å²) in [6, 6.07) is 13.1. The molecule has 0 aliphatic heterocycles. The van der Waals surface area contributed by atoms with Gasteiger partial charge < -0.3 is 14.5 Å². The number of nitrogens with one attached hydrogen (secondary N) is 2. The third-order valence-corrected chi connectivity index (χ3v) is 4.41. The number of fused-ring (bicyclic) bond motifs is 1. The minimum atomic E-state index is -0.228. The lowest BCUT2D eigenvalue weighted by Crippen LogP contribution is -2.19. The maximum Gasteiger partial charge on any atom is 0.250 e. The average molecular weight is 370 g/mol. The molecule has 134 valence electrons. The van der Waals surface area contributed by atoms with Gasteiger partial charge >= 0.3 is 0 Å². The van der Waals surface area contributed by atoms with E-state index in [9.17, 15) is 4.79 Å². The van der Waals surface area contributed by atoms with Crippen molar-refractivity contribution in [2.75, 3.05) is 20.0 Å². The smallest absolute Gasteiger partial charge is 0.250 e. The van der Waals surface area contributed by atoms with Crippen LogP contribution in [0, 0.1) is 0 Å². The van der Waals surface area contributed by atoms with E-state index in [4.69, 9.17) is 9.47 Å². The molecule has 0 fully saturated rings. The molecule has 0 atom stereocenters. The molecular weight excluding hydrogens is 352 g/mol. The second-order valence-electron chi connectivity index (χ2n) is 5.22. The molecule has 0 saturated carbocycles. The summed E-state index contributed by atoms with van der Waals surface area (Å²) < 4.78 is 10.5. The van der Waals surface area contributed by atoms with Gasteiger partial charge in [-0.15, -0.1) is 0 Å². The van der Waals surface area contributed by atoms with E-state index in [1.165, 1.54) is 18.0 Å². The molecule has 0 radical (unpaired) electrons. The van der Waals surface area contributed by atoms with Crippen LogP contribution in [-0.2, 0) is 4.79 Å². The number of nitrogens with zero attached hydrogens (tertiary/aromatic N) is 2. The van der Waals surface area contributed by atoms with Gasteiger partial charge in [-0.3, -0.25) is 4.79 Å². The Morgan fingerprint density at radius 2 is 2.08 bits per heavy atom. The van der Waals surface area contributed by atoms with Gasteiger partial charge in [0.1, 0.15) is 0 Å². The fraction of sp³-hybridized carbons (Fsp3) is 0.167. The minimum absolute atomic E-state index is 0.201.